The number of nitrogens with zero attached hydrogens (tertiary/aromatic N) is 3. The summed E-state index contributed by atoms with van der Waals surface area (Å²) >= 11 is 0. The van der Waals surface area contributed by atoms with E-state index in [9.17, 15) is 4.79 Å². The smallest absolute Gasteiger partial charge is 0.255 e. The quantitative estimate of drug-likeness (QED) is 0.277. The number of hydrogen-bond acceptors (Lipinski definition) is 4. The van der Waals surface area contributed by atoms with Crippen molar-refractivity contribution in [2.75, 3.05) is 39.3 Å². The number of halogens is 1. The summed E-state index contributed by atoms with van der Waals surface area (Å²) in [5, 5.41) is 3.43. The molecule has 1 saturated heterocycles. The molecule has 0 aromatic heterocycles. The molecule has 1 amide bonds. The molecule has 1 unspecified atom stereocenters. The largest absolute Gasteiger partial charge is 0.484 e. The van der Waals surface area contributed by atoms with Crippen molar-refractivity contribution in [3.8, 4) is 5.75 Å². The number of hydrogen-bond donors (Lipinski definition) is 2. The first kappa shape index (κ1) is 26.9. The Hall–Kier alpha value is -2.33. The molecule has 0 bridgehead atoms. The fourth-order valence-electron chi connectivity index (χ4n) is 4.11. The van der Waals surface area contributed by atoms with Gasteiger partial charge in [-0.3, -0.25) is 9.69 Å². The van der Waals surface area contributed by atoms with Crippen molar-refractivity contribution in [3.05, 3.63) is 65.7 Å². The molecule has 33 heavy (non-hydrogen) atoms. The van der Waals surface area contributed by atoms with Crippen LogP contribution in [0.1, 0.15) is 37.4 Å². The lowest BCUT2D eigenvalue weighted by Gasteiger charge is -2.40. The van der Waals surface area contributed by atoms with Gasteiger partial charge in [0.2, 0.25) is 0 Å². The van der Waals surface area contributed by atoms with Crippen molar-refractivity contribution in [2.24, 2.45) is 10.7 Å². The van der Waals surface area contributed by atoms with Gasteiger partial charge in [-0.25, -0.2) is 4.99 Å². The monoisotopic (exact) mass is 565 g/mol. The van der Waals surface area contributed by atoms with Gasteiger partial charge in [-0.2, -0.15) is 0 Å². The molecular formula is C25H36IN5O2. The van der Waals surface area contributed by atoms with Crippen molar-refractivity contribution in [2.45, 2.75) is 32.9 Å². The second kappa shape index (κ2) is 14.0. The lowest BCUT2D eigenvalue weighted by molar-refractivity contribution is -0.119. The second-order valence-electron chi connectivity index (χ2n) is 7.93. The van der Waals surface area contributed by atoms with Crippen molar-refractivity contribution in [1.82, 2.24) is 15.1 Å². The molecule has 3 rings (SSSR count). The molecule has 7 nitrogen and oxygen atoms in total. The first-order valence-corrected chi connectivity index (χ1v) is 11.4. The standard InChI is InChI=1S/C25H35N5O2.HI/c1-3-23(21-10-6-5-7-11-21)29-13-15-30(16-14-29)25(27-4-2)28-18-20-9-8-12-22(17-20)32-19-24(26)31;/h5-12,17,23H,3-4,13-16,18-19H2,1-2H3,(H2,26,31)(H,27,28);1H. The van der Waals surface area contributed by atoms with Crippen LogP contribution in [0.4, 0.5) is 0 Å². The number of nitrogens with two attached hydrogens (primary N) is 1. The van der Waals surface area contributed by atoms with Gasteiger partial charge < -0.3 is 20.7 Å². The van der Waals surface area contributed by atoms with Crippen LogP contribution in [0.25, 0.3) is 0 Å². The number of rotatable bonds is 9. The highest BCUT2D eigenvalue weighted by atomic mass is 127. The molecule has 0 saturated carbocycles. The predicted octanol–water partition coefficient (Wildman–Crippen LogP) is 3.40. The summed E-state index contributed by atoms with van der Waals surface area (Å²) in [7, 11) is 0. The number of guanidine groups is 1. The van der Waals surface area contributed by atoms with Crippen LogP contribution in [0.5, 0.6) is 5.75 Å². The second-order valence-corrected chi connectivity index (χ2v) is 7.93. The van der Waals surface area contributed by atoms with E-state index in [1.807, 2.05) is 24.3 Å². The summed E-state index contributed by atoms with van der Waals surface area (Å²) in [5.74, 6) is 1.07. The van der Waals surface area contributed by atoms with Crippen LogP contribution < -0.4 is 15.8 Å². The molecular weight excluding hydrogens is 529 g/mol. The molecule has 2 aromatic carbocycles. The van der Waals surface area contributed by atoms with Gasteiger partial charge in [0.05, 0.1) is 6.54 Å². The van der Waals surface area contributed by atoms with Crippen LogP contribution in [0.15, 0.2) is 59.6 Å². The van der Waals surface area contributed by atoms with Crippen LogP contribution in [0, 0.1) is 0 Å². The third-order valence-electron chi connectivity index (χ3n) is 5.65. The summed E-state index contributed by atoms with van der Waals surface area (Å²) in [6.07, 6.45) is 1.10. The average Bonchev–Trinajstić information content (AvgIpc) is 2.82. The highest BCUT2D eigenvalue weighted by Crippen LogP contribution is 2.25. The van der Waals surface area contributed by atoms with E-state index in [4.69, 9.17) is 15.5 Å². The van der Waals surface area contributed by atoms with Gasteiger partial charge in [0.15, 0.2) is 12.6 Å². The number of carbonyl (C=O) groups is 1. The van der Waals surface area contributed by atoms with E-state index in [0.29, 0.717) is 18.3 Å². The highest BCUT2D eigenvalue weighted by Gasteiger charge is 2.25. The number of primary amides is 1. The van der Waals surface area contributed by atoms with Crippen molar-refractivity contribution in [1.29, 1.82) is 0 Å². The maximum atomic E-state index is 10.9. The summed E-state index contributed by atoms with van der Waals surface area (Å²) in [5.41, 5.74) is 7.58. The SMILES string of the molecule is CCNC(=NCc1cccc(OCC(N)=O)c1)N1CCN(C(CC)c2ccccc2)CC1.I. The number of ether oxygens (including phenoxy) is 1. The van der Waals surface area contributed by atoms with Gasteiger partial charge in [0.1, 0.15) is 5.75 Å². The molecule has 1 heterocycles. The predicted molar refractivity (Wildman–Crippen MR) is 144 cm³/mol. The van der Waals surface area contributed by atoms with Crippen molar-refractivity contribution >= 4 is 35.8 Å². The number of carbonyl (C=O) groups excluding carboxylic acids is 1. The fourth-order valence-corrected chi connectivity index (χ4v) is 4.11. The number of benzene rings is 2. The number of amides is 1. The van der Waals surface area contributed by atoms with E-state index in [1.54, 1.807) is 0 Å². The Labute approximate surface area is 214 Å². The highest BCUT2D eigenvalue weighted by molar-refractivity contribution is 14.0. The van der Waals surface area contributed by atoms with E-state index in [-0.39, 0.29) is 30.6 Å². The third kappa shape index (κ3) is 8.19. The zero-order valence-electron chi connectivity index (χ0n) is 19.6. The van der Waals surface area contributed by atoms with E-state index >= 15 is 0 Å². The summed E-state index contributed by atoms with van der Waals surface area (Å²) in [6.45, 7) is 9.49. The minimum Gasteiger partial charge on any atom is -0.484 e. The van der Waals surface area contributed by atoms with Crippen molar-refractivity contribution in [3.63, 3.8) is 0 Å². The zero-order valence-corrected chi connectivity index (χ0v) is 21.9. The first-order valence-electron chi connectivity index (χ1n) is 11.4. The summed E-state index contributed by atoms with van der Waals surface area (Å²) in [6, 6.07) is 18.9. The Kier molecular flexibility index (Phi) is 11.5. The van der Waals surface area contributed by atoms with E-state index < -0.39 is 5.91 Å². The van der Waals surface area contributed by atoms with E-state index in [1.165, 1.54) is 5.56 Å². The minimum atomic E-state index is -0.487. The molecule has 0 spiro atoms. The van der Waals surface area contributed by atoms with Gasteiger partial charge in [-0.05, 0) is 36.6 Å². The molecule has 3 N–H and O–H groups in total. The average molecular weight is 566 g/mol. The van der Waals surface area contributed by atoms with E-state index in [2.05, 4.69) is 59.3 Å². The van der Waals surface area contributed by atoms with Crippen LogP contribution >= 0.6 is 24.0 Å². The molecule has 0 radical (unpaired) electrons. The first-order chi connectivity index (χ1) is 15.6. The Bertz CT molecular complexity index is 885. The summed E-state index contributed by atoms with van der Waals surface area (Å²) < 4.78 is 5.41. The zero-order chi connectivity index (χ0) is 22.8. The van der Waals surface area contributed by atoms with Gasteiger partial charge in [-0.15, -0.1) is 24.0 Å². The maximum Gasteiger partial charge on any atom is 0.255 e. The van der Waals surface area contributed by atoms with Gasteiger partial charge in [0.25, 0.3) is 5.91 Å². The molecule has 1 fully saturated rings. The lowest BCUT2D eigenvalue weighted by Crippen LogP contribution is -2.53. The fraction of sp³-hybridized carbons (Fsp3) is 0.440. The molecule has 2 aromatic rings. The molecule has 0 aliphatic carbocycles. The van der Waals surface area contributed by atoms with E-state index in [0.717, 1.165) is 50.7 Å². The third-order valence-corrected chi connectivity index (χ3v) is 5.65. The Balaban J connectivity index is 0.00000385. The molecule has 1 aliphatic rings. The van der Waals surface area contributed by atoms with Crippen LogP contribution in [0.3, 0.4) is 0 Å². The topological polar surface area (TPSA) is 83.2 Å². The number of nitrogens with one attached hydrogen (secondary N) is 1. The van der Waals surface area contributed by atoms with Crippen molar-refractivity contribution < 1.29 is 9.53 Å². The van der Waals surface area contributed by atoms with Crippen LogP contribution in [-0.4, -0.2) is 61.0 Å². The van der Waals surface area contributed by atoms with Gasteiger partial charge in [0, 0.05) is 38.8 Å². The molecule has 8 heteroatoms. The Morgan fingerprint density at radius 1 is 1.09 bits per heavy atom. The molecule has 180 valence electrons. The number of piperazine rings is 1. The number of aliphatic imine (C=N–C) groups is 1. The minimum absolute atomic E-state index is 0. The molecule has 1 aliphatic heterocycles. The Morgan fingerprint density at radius 3 is 2.45 bits per heavy atom. The van der Waals surface area contributed by atoms with Gasteiger partial charge >= 0.3 is 0 Å². The molecule has 1 atom stereocenters. The lowest BCUT2D eigenvalue weighted by atomic mass is 10.0. The van der Waals surface area contributed by atoms with Gasteiger partial charge in [-0.1, -0.05) is 49.4 Å². The normalized spacial score (nSPS) is 15.5. The van der Waals surface area contributed by atoms with Crippen LogP contribution in [-0.2, 0) is 11.3 Å². The van der Waals surface area contributed by atoms with Crippen LogP contribution in [0.2, 0.25) is 0 Å². The maximum absolute atomic E-state index is 10.9. The summed E-state index contributed by atoms with van der Waals surface area (Å²) in [4.78, 5) is 20.7. The Morgan fingerprint density at radius 2 is 1.82 bits per heavy atom.